The van der Waals surface area contributed by atoms with E-state index < -0.39 is 0 Å². The van der Waals surface area contributed by atoms with Crippen molar-refractivity contribution in [2.24, 2.45) is 5.10 Å². The normalized spacial score (nSPS) is 17.4. The zero-order valence-corrected chi connectivity index (χ0v) is 15.4. The number of carbonyl (C=O) groups excluding carboxylic acids is 1. The van der Waals surface area contributed by atoms with Crippen molar-refractivity contribution in [2.75, 3.05) is 0 Å². The first-order valence-corrected chi connectivity index (χ1v) is 9.18. The van der Waals surface area contributed by atoms with Crippen LogP contribution >= 0.6 is 15.9 Å². The number of halogens is 1. The van der Waals surface area contributed by atoms with Gasteiger partial charge in [-0.1, -0.05) is 53.2 Å². The predicted octanol–water partition coefficient (Wildman–Crippen LogP) is 4.50. The van der Waals surface area contributed by atoms with E-state index in [1.165, 1.54) is 5.56 Å². The van der Waals surface area contributed by atoms with Gasteiger partial charge in [-0.25, -0.2) is 5.43 Å². The molecule has 1 aliphatic rings. The molecule has 0 saturated heterocycles. The van der Waals surface area contributed by atoms with Crippen LogP contribution in [0.25, 0.3) is 10.9 Å². The molecule has 0 bridgehead atoms. The van der Waals surface area contributed by atoms with Gasteiger partial charge in [-0.3, -0.25) is 4.79 Å². The lowest BCUT2D eigenvalue weighted by atomic mass is 9.89. The standard InChI is InChI=1S/C20H18BrN3O/c1-2-12-4-3-5-15-17(11-22-19(12)15)16-10-18(23-24-20(16)25)13-6-8-14(21)9-7-13/h3-9,11,16,22H,2,10H2,1H3,(H,24,25)/t16-/m0/s1. The number of rotatable bonds is 3. The summed E-state index contributed by atoms with van der Waals surface area (Å²) in [6, 6.07) is 14.3. The number of para-hydroxylation sites is 1. The Bertz CT molecular complexity index is 972. The van der Waals surface area contributed by atoms with Gasteiger partial charge in [-0.05, 0) is 35.2 Å². The second-order valence-electron chi connectivity index (χ2n) is 6.24. The number of nitrogens with one attached hydrogen (secondary N) is 2. The molecule has 2 aromatic carbocycles. The van der Waals surface area contributed by atoms with E-state index in [0.717, 1.165) is 38.6 Å². The fraction of sp³-hybridized carbons (Fsp3) is 0.200. The molecule has 4 rings (SSSR count). The maximum atomic E-state index is 12.5. The minimum Gasteiger partial charge on any atom is -0.361 e. The average Bonchev–Trinajstić information content (AvgIpc) is 3.07. The van der Waals surface area contributed by atoms with Crippen molar-refractivity contribution in [2.45, 2.75) is 25.7 Å². The van der Waals surface area contributed by atoms with Crippen molar-refractivity contribution < 1.29 is 4.79 Å². The monoisotopic (exact) mass is 395 g/mol. The minimum atomic E-state index is -0.239. The number of carbonyl (C=O) groups is 1. The quantitative estimate of drug-likeness (QED) is 0.673. The molecule has 126 valence electrons. The van der Waals surface area contributed by atoms with Gasteiger partial charge in [-0.2, -0.15) is 5.10 Å². The molecule has 1 aliphatic heterocycles. The van der Waals surface area contributed by atoms with E-state index in [9.17, 15) is 4.79 Å². The van der Waals surface area contributed by atoms with Crippen LogP contribution in [0, 0.1) is 0 Å². The first kappa shape index (κ1) is 16.1. The van der Waals surface area contributed by atoms with Gasteiger partial charge >= 0.3 is 0 Å². The highest BCUT2D eigenvalue weighted by Crippen LogP contribution is 2.32. The summed E-state index contributed by atoms with van der Waals surface area (Å²) in [6.07, 6.45) is 3.52. The topological polar surface area (TPSA) is 57.2 Å². The minimum absolute atomic E-state index is 0.0522. The van der Waals surface area contributed by atoms with Crippen molar-refractivity contribution >= 4 is 38.5 Å². The molecule has 0 saturated carbocycles. The summed E-state index contributed by atoms with van der Waals surface area (Å²) in [5.41, 5.74) is 8.06. The highest BCUT2D eigenvalue weighted by atomic mass is 79.9. The van der Waals surface area contributed by atoms with E-state index in [2.05, 4.69) is 56.6 Å². The molecular weight excluding hydrogens is 378 g/mol. The number of nitrogens with zero attached hydrogens (tertiary/aromatic N) is 1. The summed E-state index contributed by atoms with van der Waals surface area (Å²) in [5, 5.41) is 5.40. The summed E-state index contributed by atoms with van der Waals surface area (Å²) in [5.74, 6) is -0.291. The number of hydrogen-bond acceptors (Lipinski definition) is 2. The Hall–Kier alpha value is -2.40. The molecule has 0 fully saturated rings. The first-order valence-electron chi connectivity index (χ1n) is 8.38. The highest BCUT2D eigenvalue weighted by molar-refractivity contribution is 9.10. The van der Waals surface area contributed by atoms with E-state index in [-0.39, 0.29) is 11.8 Å². The van der Waals surface area contributed by atoms with E-state index in [1.807, 2.05) is 30.5 Å². The molecule has 3 aromatic rings. The predicted molar refractivity (Wildman–Crippen MR) is 104 cm³/mol. The van der Waals surface area contributed by atoms with Crippen LogP contribution in [0.3, 0.4) is 0 Å². The van der Waals surface area contributed by atoms with Gasteiger partial charge in [0.1, 0.15) is 0 Å². The Morgan fingerprint density at radius 3 is 2.76 bits per heavy atom. The molecule has 2 N–H and O–H groups in total. The van der Waals surface area contributed by atoms with Crippen LogP contribution in [0.4, 0.5) is 0 Å². The Kier molecular flexibility index (Phi) is 4.17. The number of hydrazone groups is 1. The third kappa shape index (κ3) is 2.89. The molecule has 0 aliphatic carbocycles. The molecule has 0 spiro atoms. The van der Waals surface area contributed by atoms with Crippen LogP contribution in [0.5, 0.6) is 0 Å². The van der Waals surface area contributed by atoms with Gasteiger partial charge in [0.15, 0.2) is 0 Å². The second-order valence-corrected chi connectivity index (χ2v) is 7.15. The van der Waals surface area contributed by atoms with Crippen molar-refractivity contribution in [3.05, 3.63) is 69.8 Å². The van der Waals surface area contributed by atoms with E-state index in [0.29, 0.717) is 6.42 Å². The lowest BCUT2D eigenvalue weighted by molar-refractivity contribution is -0.122. The molecule has 1 aromatic heterocycles. The number of fused-ring (bicyclic) bond motifs is 1. The largest absolute Gasteiger partial charge is 0.361 e. The Morgan fingerprint density at radius 2 is 2.00 bits per heavy atom. The van der Waals surface area contributed by atoms with Crippen LogP contribution < -0.4 is 5.43 Å². The number of aryl methyl sites for hydroxylation is 1. The van der Waals surface area contributed by atoms with Crippen LogP contribution in [-0.2, 0) is 11.2 Å². The second kappa shape index (κ2) is 6.48. The van der Waals surface area contributed by atoms with E-state index in [1.54, 1.807) is 0 Å². The van der Waals surface area contributed by atoms with Gasteiger partial charge in [-0.15, -0.1) is 0 Å². The average molecular weight is 396 g/mol. The maximum absolute atomic E-state index is 12.5. The zero-order valence-electron chi connectivity index (χ0n) is 13.8. The zero-order chi connectivity index (χ0) is 17.4. The van der Waals surface area contributed by atoms with Gasteiger partial charge in [0, 0.05) is 28.0 Å². The third-order valence-corrected chi connectivity index (χ3v) is 5.31. The van der Waals surface area contributed by atoms with Gasteiger partial charge in [0.05, 0.1) is 11.6 Å². The molecule has 1 atom stereocenters. The van der Waals surface area contributed by atoms with Crippen LogP contribution in [0.15, 0.2) is 58.2 Å². The van der Waals surface area contributed by atoms with Crippen molar-refractivity contribution in [3.63, 3.8) is 0 Å². The molecule has 1 amide bonds. The number of benzene rings is 2. The van der Waals surface area contributed by atoms with E-state index in [4.69, 9.17) is 0 Å². The fourth-order valence-electron chi connectivity index (χ4n) is 3.43. The first-order chi connectivity index (χ1) is 12.2. The summed E-state index contributed by atoms with van der Waals surface area (Å²) >= 11 is 3.45. The Morgan fingerprint density at radius 1 is 1.20 bits per heavy atom. The molecular formula is C20H18BrN3O. The summed E-state index contributed by atoms with van der Waals surface area (Å²) in [6.45, 7) is 2.14. The van der Waals surface area contributed by atoms with E-state index >= 15 is 0 Å². The molecule has 4 nitrogen and oxygen atoms in total. The lowest BCUT2D eigenvalue weighted by Gasteiger charge is -2.21. The number of H-pyrrole nitrogens is 1. The smallest absolute Gasteiger partial charge is 0.248 e. The maximum Gasteiger partial charge on any atom is 0.248 e. The number of aromatic amines is 1. The van der Waals surface area contributed by atoms with Crippen molar-refractivity contribution in [3.8, 4) is 0 Å². The summed E-state index contributed by atoms with van der Waals surface area (Å²) in [7, 11) is 0. The van der Waals surface area contributed by atoms with Crippen LogP contribution in [0.2, 0.25) is 0 Å². The Balaban J connectivity index is 1.72. The summed E-state index contributed by atoms with van der Waals surface area (Å²) < 4.78 is 1.02. The van der Waals surface area contributed by atoms with Crippen molar-refractivity contribution in [1.29, 1.82) is 0 Å². The molecule has 25 heavy (non-hydrogen) atoms. The van der Waals surface area contributed by atoms with Gasteiger partial charge in [0.2, 0.25) is 5.91 Å². The highest BCUT2D eigenvalue weighted by Gasteiger charge is 2.29. The lowest BCUT2D eigenvalue weighted by Crippen LogP contribution is -2.33. The molecule has 2 heterocycles. The van der Waals surface area contributed by atoms with Crippen LogP contribution in [-0.4, -0.2) is 16.6 Å². The van der Waals surface area contributed by atoms with Crippen molar-refractivity contribution in [1.82, 2.24) is 10.4 Å². The molecule has 5 heteroatoms. The fourth-order valence-corrected chi connectivity index (χ4v) is 3.69. The SMILES string of the molecule is CCc1cccc2c([C@@H]3CC(c4ccc(Br)cc4)=NNC3=O)c[nH]c12. The molecule has 0 unspecified atom stereocenters. The van der Waals surface area contributed by atoms with Crippen LogP contribution in [0.1, 0.15) is 36.0 Å². The number of hydrogen-bond donors (Lipinski definition) is 2. The van der Waals surface area contributed by atoms with Gasteiger partial charge < -0.3 is 4.98 Å². The third-order valence-electron chi connectivity index (χ3n) is 4.78. The summed E-state index contributed by atoms with van der Waals surface area (Å²) in [4.78, 5) is 15.8. The number of aromatic nitrogens is 1. The van der Waals surface area contributed by atoms with Gasteiger partial charge in [0.25, 0.3) is 0 Å². The number of amides is 1. The molecule has 0 radical (unpaired) electrons. The Labute approximate surface area is 154 Å².